The molecule has 0 saturated heterocycles. The van der Waals surface area contributed by atoms with Crippen LogP contribution >= 0.6 is 0 Å². The van der Waals surface area contributed by atoms with Gasteiger partial charge in [-0.3, -0.25) is 9.36 Å². The van der Waals surface area contributed by atoms with E-state index in [0.29, 0.717) is 28.2 Å². The molecule has 4 rings (SSSR count). The van der Waals surface area contributed by atoms with Crippen LogP contribution in [0.2, 0.25) is 0 Å². The molecule has 5 nitrogen and oxygen atoms in total. The largest absolute Gasteiger partial charge is 0.497 e. The molecule has 0 aliphatic carbocycles. The molecule has 0 radical (unpaired) electrons. The molecule has 0 N–H and O–H groups in total. The Kier molecular flexibility index (Phi) is 4.57. The lowest BCUT2D eigenvalue weighted by atomic mass is 10.1. The molecule has 5 heteroatoms. The number of benzene rings is 3. The van der Waals surface area contributed by atoms with E-state index in [9.17, 15) is 4.79 Å². The van der Waals surface area contributed by atoms with E-state index >= 15 is 0 Å². The molecule has 0 fully saturated rings. The maximum Gasteiger partial charge on any atom is 0.266 e. The van der Waals surface area contributed by atoms with Gasteiger partial charge in [-0.25, -0.2) is 4.98 Å². The number of aryl methyl sites for hydroxylation is 1. The summed E-state index contributed by atoms with van der Waals surface area (Å²) in [5, 5.41) is 0.614. The first-order valence-electron chi connectivity index (χ1n) is 8.93. The average Bonchev–Trinajstić information content (AvgIpc) is 2.73. The van der Waals surface area contributed by atoms with Crippen molar-refractivity contribution in [1.29, 1.82) is 0 Å². The van der Waals surface area contributed by atoms with Gasteiger partial charge in [0.2, 0.25) is 0 Å². The Labute approximate surface area is 162 Å². The molecule has 1 aromatic heterocycles. The maximum absolute atomic E-state index is 13.5. The molecule has 3 aromatic carbocycles. The lowest BCUT2D eigenvalue weighted by Crippen LogP contribution is -2.22. The van der Waals surface area contributed by atoms with Crippen LogP contribution < -0.4 is 15.0 Å². The molecule has 0 spiro atoms. The van der Waals surface area contributed by atoms with Gasteiger partial charge in [0.05, 0.1) is 30.8 Å². The molecular weight excluding hydrogens is 352 g/mol. The van der Waals surface area contributed by atoms with E-state index in [1.165, 1.54) is 0 Å². The van der Waals surface area contributed by atoms with Crippen LogP contribution in [0.4, 0.5) is 0 Å². The van der Waals surface area contributed by atoms with Crippen molar-refractivity contribution in [3.05, 3.63) is 82.6 Å². The zero-order valence-electron chi connectivity index (χ0n) is 16.0. The van der Waals surface area contributed by atoms with Gasteiger partial charge >= 0.3 is 0 Å². The summed E-state index contributed by atoms with van der Waals surface area (Å²) in [4.78, 5) is 18.4. The molecule has 0 aliphatic heterocycles. The van der Waals surface area contributed by atoms with E-state index < -0.39 is 0 Å². The molecule has 0 saturated carbocycles. The van der Waals surface area contributed by atoms with Crippen LogP contribution in [0.5, 0.6) is 11.5 Å². The molecule has 0 aliphatic rings. The van der Waals surface area contributed by atoms with Crippen LogP contribution in [0.25, 0.3) is 28.0 Å². The van der Waals surface area contributed by atoms with E-state index in [0.717, 1.165) is 16.9 Å². The van der Waals surface area contributed by atoms with Crippen LogP contribution in [-0.2, 0) is 0 Å². The Morgan fingerprint density at radius 3 is 2.29 bits per heavy atom. The first-order chi connectivity index (χ1) is 13.6. The minimum atomic E-state index is -0.109. The second kappa shape index (κ2) is 7.19. The summed E-state index contributed by atoms with van der Waals surface area (Å²) in [6.45, 7) is 1.92. The van der Waals surface area contributed by atoms with Gasteiger partial charge in [0.25, 0.3) is 5.56 Å². The predicted octanol–water partition coefficient (Wildman–Crippen LogP) is 4.38. The summed E-state index contributed by atoms with van der Waals surface area (Å²) >= 11 is 0. The third-order valence-electron chi connectivity index (χ3n) is 4.77. The fourth-order valence-corrected chi connectivity index (χ4v) is 3.32. The highest BCUT2D eigenvalue weighted by Gasteiger charge is 2.16. The van der Waals surface area contributed by atoms with Gasteiger partial charge in [-0.05, 0) is 55.0 Å². The number of rotatable bonds is 4. The highest BCUT2D eigenvalue weighted by Crippen LogP contribution is 2.26. The van der Waals surface area contributed by atoms with Crippen molar-refractivity contribution in [2.75, 3.05) is 14.2 Å². The van der Waals surface area contributed by atoms with Crippen LogP contribution in [0.3, 0.4) is 0 Å². The minimum absolute atomic E-state index is 0.109. The number of hydrogen-bond donors (Lipinski definition) is 0. The smallest absolute Gasteiger partial charge is 0.266 e. The van der Waals surface area contributed by atoms with Gasteiger partial charge < -0.3 is 9.47 Å². The van der Waals surface area contributed by atoms with Crippen molar-refractivity contribution in [2.45, 2.75) is 6.92 Å². The van der Waals surface area contributed by atoms with Gasteiger partial charge in [-0.1, -0.05) is 18.2 Å². The third-order valence-corrected chi connectivity index (χ3v) is 4.77. The Balaban J connectivity index is 2.08. The molecule has 28 heavy (non-hydrogen) atoms. The topological polar surface area (TPSA) is 53.3 Å². The van der Waals surface area contributed by atoms with E-state index in [1.807, 2.05) is 73.7 Å². The summed E-state index contributed by atoms with van der Waals surface area (Å²) < 4.78 is 12.2. The standard InChI is InChI=1S/C23H20N2O3/c1-15-6-4-9-20-21(15)23(26)25(17-7-5-8-19(14-17)28-3)22(24-20)16-10-12-18(27-2)13-11-16/h4-14H,1-3H3. The number of ether oxygens (including phenoxy) is 2. The quantitative estimate of drug-likeness (QED) is 0.533. The minimum Gasteiger partial charge on any atom is -0.497 e. The van der Waals surface area contributed by atoms with Crippen molar-refractivity contribution < 1.29 is 9.47 Å². The molecule has 0 unspecified atom stereocenters. The molecule has 0 atom stereocenters. The van der Waals surface area contributed by atoms with Crippen LogP contribution in [-0.4, -0.2) is 23.8 Å². The van der Waals surface area contributed by atoms with Gasteiger partial charge in [-0.2, -0.15) is 0 Å². The van der Waals surface area contributed by atoms with E-state index in [2.05, 4.69) is 0 Å². The second-order valence-corrected chi connectivity index (χ2v) is 6.47. The number of methoxy groups -OCH3 is 2. The van der Waals surface area contributed by atoms with E-state index in [-0.39, 0.29) is 5.56 Å². The first kappa shape index (κ1) is 17.8. The lowest BCUT2D eigenvalue weighted by Gasteiger charge is -2.15. The van der Waals surface area contributed by atoms with Gasteiger partial charge in [0.15, 0.2) is 0 Å². The highest BCUT2D eigenvalue weighted by atomic mass is 16.5. The molecule has 0 amide bonds. The summed E-state index contributed by atoms with van der Waals surface area (Å²) in [6.07, 6.45) is 0. The van der Waals surface area contributed by atoms with Crippen LogP contribution in [0, 0.1) is 6.92 Å². The number of aromatic nitrogens is 2. The second-order valence-electron chi connectivity index (χ2n) is 6.47. The fraction of sp³-hybridized carbons (Fsp3) is 0.130. The number of hydrogen-bond acceptors (Lipinski definition) is 4. The van der Waals surface area contributed by atoms with Crippen molar-refractivity contribution in [3.8, 4) is 28.6 Å². The highest BCUT2D eigenvalue weighted by molar-refractivity contribution is 5.83. The van der Waals surface area contributed by atoms with Gasteiger partial charge in [-0.15, -0.1) is 0 Å². The molecule has 4 aromatic rings. The number of fused-ring (bicyclic) bond motifs is 1. The zero-order chi connectivity index (χ0) is 19.7. The normalized spacial score (nSPS) is 10.8. The Hall–Kier alpha value is -3.60. The average molecular weight is 372 g/mol. The summed E-state index contributed by atoms with van der Waals surface area (Å²) in [5.41, 5.74) is 2.99. The van der Waals surface area contributed by atoms with Crippen molar-refractivity contribution in [2.24, 2.45) is 0 Å². The van der Waals surface area contributed by atoms with Gasteiger partial charge in [0.1, 0.15) is 17.3 Å². The summed E-state index contributed by atoms with van der Waals surface area (Å²) in [5.74, 6) is 1.99. The van der Waals surface area contributed by atoms with Crippen molar-refractivity contribution >= 4 is 10.9 Å². The van der Waals surface area contributed by atoms with Crippen LogP contribution in [0.1, 0.15) is 5.56 Å². The lowest BCUT2D eigenvalue weighted by molar-refractivity contribution is 0.414. The molecule has 0 bridgehead atoms. The SMILES string of the molecule is COc1ccc(-c2nc3cccc(C)c3c(=O)n2-c2cccc(OC)c2)cc1. The third kappa shape index (κ3) is 3.01. The van der Waals surface area contributed by atoms with E-state index in [4.69, 9.17) is 14.5 Å². The predicted molar refractivity (Wildman–Crippen MR) is 111 cm³/mol. The fourth-order valence-electron chi connectivity index (χ4n) is 3.32. The maximum atomic E-state index is 13.5. The first-order valence-corrected chi connectivity index (χ1v) is 8.93. The van der Waals surface area contributed by atoms with Crippen molar-refractivity contribution in [1.82, 2.24) is 9.55 Å². The Morgan fingerprint density at radius 2 is 1.57 bits per heavy atom. The zero-order valence-corrected chi connectivity index (χ0v) is 16.0. The monoisotopic (exact) mass is 372 g/mol. The molecule has 140 valence electrons. The van der Waals surface area contributed by atoms with Gasteiger partial charge in [0, 0.05) is 11.6 Å². The van der Waals surface area contributed by atoms with Crippen molar-refractivity contribution in [3.63, 3.8) is 0 Å². The van der Waals surface area contributed by atoms with E-state index in [1.54, 1.807) is 18.8 Å². The summed E-state index contributed by atoms with van der Waals surface area (Å²) in [7, 11) is 3.23. The Bertz CT molecular complexity index is 1210. The number of nitrogens with zero attached hydrogens (tertiary/aromatic N) is 2. The van der Waals surface area contributed by atoms with Crippen LogP contribution in [0.15, 0.2) is 71.5 Å². The molecular formula is C23H20N2O3. The molecule has 1 heterocycles. The Morgan fingerprint density at radius 1 is 0.857 bits per heavy atom. The summed E-state index contributed by atoms with van der Waals surface area (Å²) in [6, 6.07) is 20.6.